The van der Waals surface area contributed by atoms with E-state index in [0.717, 1.165) is 6.42 Å². The van der Waals surface area contributed by atoms with Gasteiger partial charge in [-0.1, -0.05) is 75.4 Å². The van der Waals surface area contributed by atoms with Crippen LogP contribution in [0.4, 0.5) is 0 Å². The third-order valence-electron chi connectivity index (χ3n) is 3.53. The minimum absolute atomic E-state index is 0.577. The van der Waals surface area contributed by atoms with Gasteiger partial charge in [0.2, 0.25) is 0 Å². The highest BCUT2D eigenvalue weighted by atomic mass is 14.1. The van der Waals surface area contributed by atoms with E-state index in [1.165, 1.54) is 16.7 Å². The smallest absolute Gasteiger partial charge is 0.0150 e. The molecule has 18 heavy (non-hydrogen) atoms. The minimum atomic E-state index is 0.577. The molecule has 2 rings (SSSR count). The van der Waals surface area contributed by atoms with Gasteiger partial charge >= 0.3 is 0 Å². The van der Waals surface area contributed by atoms with Crippen molar-refractivity contribution in [2.75, 3.05) is 0 Å². The van der Waals surface area contributed by atoms with Crippen molar-refractivity contribution in [2.24, 2.45) is 0 Å². The molecule has 94 valence electrons. The summed E-state index contributed by atoms with van der Waals surface area (Å²) < 4.78 is 0. The fourth-order valence-electron chi connectivity index (χ4n) is 2.33. The normalized spacial score (nSPS) is 12.7. The quantitative estimate of drug-likeness (QED) is 0.690. The summed E-state index contributed by atoms with van der Waals surface area (Å²) in [5.41, 5.74) is 4.30. The van der Waals surface area contributed by atoms with E-state index in [4.69, 9.17) is 0 Å². The third kappa shape index (κ3) is 3.22. The van der Waals surface area contributed by atoms with Crippen molar-refractivity contribution in [3.05, 3.63) is 71.3 Å². The van der Waals surface area contributed by atoms with E-state index in [1.807, 2.05) is 0 Å². The molecule has 1 atom stereocenters. The van der Waals surface area contributed by atoms with Crippen LogP contribution >= 0.6 is 0 Å². The summed E-state index contributed by atoms with van der Waals surface area (Å²) in [6.07, 6.45) is 1.12. The lowest BCUT2D eigenvalue weighted by atomic mass is 9.92. The van der Waals surface area contributed by atoms with Crippen molar-refractivity contribution >= 4 is 0 Å². The predicted octanol–water partition coefficient (Wildman–Crippen LogP) is 5.16. The molecule has 0 aromatic heterocycles. The first kappa shape index (κ1) is 12.9. The Bertz CT molecular complexity index is 482. The van der Waals surface area contributed by atoms with Crippen LogP contribution in [-0.4, -0.2) is 0 Å². The average Bonchev–Trinajstić information content (AvgIpc) is 2.40. The summed E-state index contributed by atoms with van der Waals surface area (Å²) in [4.78, 5) is 0. The van der Waals surface area contributed by atoms with E-state index in [9.17, 15) is 0 Å². The monoisotopic (exact) mass is 238 g/mol. The maximum absolute atomic E-state index is 2.35. The van der Waals surface area contributed by atoms with E-state index in [2.05, 4.69) is 75.4 Å². The topological polar surface area (TPSA) is 0 Å². The van der Waals surface area contributed by atoms with E-state index in [1.54, 1.807) is 0 Å². The predicted molar refractivity (Wildman–Crippen MR) is 79.1 cm³/mol. The number of hydrogen-bond acceptors (Lipinski definition) is 0. The Balaban J connectivity index is 2.12. The molecule has 0 radical (unpaired) electrons. The molecule has 1 unspecified atom stereocenters. The van der Waals surface area contributed by atoms with Crippen molar-refractivity contribution in [3.63, 3.8) is 0 Å². The van der Waals surface area contributed by atoms with Crippen molar-refractivity contribution in [3.8, 4) is 0 Å². The molecule has 2 aromatic rings. The van der Waals surface area contributed by atoms with Crippen molar-refractivity contribution < 1.29 is 0 Å². The SMILES string of the molecule is CC(C)c1cccc(CC(C)c2ccccc2)c1. The van der Waals surface area contributed by atoms with Crippen molar-refractivity contribution in [2.45, 2.75) is 39.0 Å². The van der Waals surface area contributed by atoms with Crippen LogP contribution in [0.1, 0.15) is 49.3 Å². The standard InChI is InChI=1S/C18H22/c1-14(2)18-11-7-8-16(13-18)12-15(3)17-9-5-4-6-10-17/h4-11,13-15H,12H2,1-3H3. The Morgan fingerprint density at radius 3 is 2.11 bits per heavy atom. The summed E-state index contributed by atoms with van der Waals surface area (Å²) in [6.45, 7) is 6.80. The average molecular weight is 238 g/mol. The Kier molecular flexibility index (Phi) is 4.19. The molecule has 0 spiro atoms. The van der Waals surface area contributed by atoms with Gasteiger partial charge in [-0.2, -0.15) is 0 Å². The highest BCUT2D eigenvalue weighted by Gasteiger charge is 2.07. The lowest BCUT2D eigenvalue weighted by Gasteiger charge is -2.13. The van der Waals surface area contributed by atoms with Crippen molar-refractivity contribution in [1.29, 1.82) is 0 Å². The van der Waals surface area contributed by atoms with Gasteiger partial charge in [0.05, 0.1) is 0 Å². The zero-order valence-corrected chi connectivity index (χ0v) is 11.6. The summed E-state index contributed by atoms with van der Waals surface area (Å²) >= 11 is 0. The first-order valence-corrected chi connectivity index (χ1v) is 6.80. The second-order valence-corrected chi connectivity index (χ2v) is 5.42. The molecule has 0 saturated heterocycles. The van der Waals surface area contributed by atoms with Crippen LogP contribution in [0.5, 0.6) is 0 Å². The Hall–Kier alpha value is -1.56. The maximum atomic E-state index is 2.35. The number of hydrogen-bond donors (Lipinski definition) is 0. The fraction of sp³-hybridized carbons (Fsp3) is 0.333. The molecule has 0 amide bonds. The van der Waals surface area contributed by atoms with E-state index >= 15 is 0 Å². The molecule has 0 aliphatic heterocycles. The van der Waals surface area contributed by atoms with Gasteiger partial charge in [-0.15, -0.1) is 0 Å². The molecule has 0 aliphatic carbocycles. The maximum Gasteiger partial charge on any atom is -0.0150 e. The Morgan fingerprint density at radius 1 is 0.778 bits per heavy atom. The zero-order valence-electron chi connectivity index (χ0n) is 11.6. The van der Waals surface area contributed by atoms with Crippen molar-refractivity contribution in [1.82, 2.24) is 0 Å². The number of rotatable bonds is 4. The Morgan fingerprint density at radius 2 is 1.44 bits per heavy atom. The largest absolute Gasteiger partial charge is 0.0622 e. The first-order chi connectivity index (χ1) is 8.66. The number of benzene rings is 2. The molecule has 0 bridgehead atoms. The van der Waals surface area contributed by atoms with Gasteiger partial charge in [-0.05, 0) is 34.9 Å². The summed E-state index contributed by atoms with van der Waals surface area (Å²) in [6, 6.07) is 19.8. The van der Waals surface area contributed by atoms with Gasteiger partial charge in [-0.25, -0.2) is 0 Å². The van der Waals surface area contributed by atoms with Crippen LogP contribution in [0.2, 0.25) is 0 Å². The van der Waals surface area contributed by atoms with Gasteiger partial charge in [0.25, 0.3) is 0 Å². The van der Waals surface area contributed by atoms with Crippen LogP contribution in [0, 0.1) is 0 Å². The highest BCUT2D eigenvalue weighted by Crippen LogP contribution is 2.22. The van der Waals surface area contributed by atoms with Gasteiger partial charge < -0.3 is 0 Å². The van der Waals surface area contributed by atoms with E-state index < -0.39 is 0 Å². The summed E-state index contributed by atoms with van der Waals surface area (Å²) in [5.74, 6) is 1.19. The van der Waals surface area contributed by atoms with E-state index in [-0.39, 0.29) is 0 Å². The van der Waals surface area contributed by atoms with Gasteiger partial charge in [0.15, 0.2) is 0 Å². The second-order valence-electron chi connectivity index (χ2n) is 5.42. The van der Waals surface area contributed by atoms with Crippen LogP contribution < -0.4 is 0 Å². The lowest BCUT2D eigenvalue weighted by Crippen LogP contribution is -1.99. The van der Waals surface area contributed by atoms with Crippen LogP contribution in [0.3, 0.4) is 0 Å². The molecule has 0 aliphatic rings. The molecule has 0 fully saturated rings. The minimum Gasteiger partial charge on any atom is -0.0622 e. The van der Waals surface area contributed by atoms with E-state index in [0.29, 0.717) is 11.8 Å². The second kappa shape index (κ2) is 5.86. The summed E-state index contributed by atoms with van der Waals surface area (Å²) in [7, 11) is 0. The van der Waals surface area contributed by atoms with Crippen LogP contribution in [-0.2, 0) is 6.42 Å². The molecule has 2 aromatic carbocycles. The highest BCUT2D eigenvalue weighted by molar-refractivity contribution is 5.28. The fourth-order valence-corrected chi connectivity index (χ4v) is 2.33. The third-order valence-corrected chi connectivity index (χ3v) is 3.53. The summed E-state index contributed by atoms with van der Waals surface area (Å²) in [5, 5.41) is 0. The molecule has 0 N–H and O–H groups in total. The van der Waals surface area contributed by atoms with Crippen LogP contribution in [0.15, 0.2) is 54.6 Å². The van der Waals surface area contributed by atoms with Gasteiger partial charge in [0, 0.05) is 0 Å². The van der Waals surface area contributed by atoms with Gasteiger partial charge in [0.1, 0.15) is 0 Å². The zero-order chi connectivity index (χ0) is 13.0. The molecule has 0 heterocycles. The molecular weight excluding hydrogens is 216 g/mol. The molecule has 0 heteroatoms. The molecular formula is C18H22. The lowest BCUT2D eigenvalue weighted by molar-refractivity contribution is 0.755. The van der Waals surface area contributed by atoms with Gasteiger partial charge in [-0.3, -0.25) is 0 Å². The Labute approximate surface area is 111 Å². The molecule has 0 saturated carbocycles. The van der Waals surface area contributed by atoms with Crippen LogP contribution in [0.25, 0.3) is 0 Å². The first-order valence-electron chi connectivity index (χ1n) is 6.80. The molecule has 0 nitrogen and oxygen atoms in total.